The number of benzene rings is 1. The van der Waals surface area contributed by atoms with Gasteiger partial charge in [0.25, 0.3) is 0 Å². The van der Waals surface area contributed by atoms with E-state index >= 15 is 0 Å². The fraction of sp³-hybridized carbons (Fsp3) is 0.111. The van der Waals surface area contributed by atoms with E-state index in [1.807, 2.05) is 31.2 Å². The van der Waals surface area contributed by atoms with E-state index < -0.39 is 0 Å². The lowest BCUT2D eigenvalue weighted by Crippen LogP contribution is -2.05. The first-order chi connectivity index (χ1) is 12.6. The Kier molecular flexibility index (Phi) is 4.10. The van der Waals surface area contributed by atoms with Crippen molar-refractivity contribution in [3.05, 3.63) is 54.0 Å². The molecule has 0 unspecified atom stereocenters. The van der Waals surface area contributed by atoms with Gasteiger partial charge in [-0.2, -0.15) is 0 Å². The number of hydrogen-bond acceptors (Lipinski definition) is 8. The van der Waals surface area contributed by atoms with Gasteiger partial charge in [0.1, 0.15) is 17.8 Å². The smallest absolute Gasteiger partial charge is 0.189 e. The zero-order chi connectivity index (χ0) is 18.1. The molecule has 0 aliphatic heterocycles. The average molecular weight is 363 g/mol. The maximum absolute atomic E-state index is 6.23. The summed E-state index contributed by atoms with van der Waals surface area (Å²) in [5.74, 6) is 1.67. The van der Waals surface area contributed by atoms with Crippen molar-refractivity contribution in [2.45, 2.75) is 13.8 Å². The summed E-state index contributed by atoms with van der Waals surface area (Å²) in [5, 5.41) is 7.03. The van der Waals surface area contributed by atoms with Gasteiger partial charge in [-0.05, 0) is 43.2 Å². The van der Waals surface area contributed by atoms with Crippen molar-refractivity contribution in [2.24, 2.45) is 0 Å². The normalized spacial score (nSPS) is 10.8. The van der Waals surface area contributed by atoms with Crippen LogP contribution >= 0.6 is 11.3 Å². The fourth-order valence-electron chi connectivity index (χ4n) is 2.44. The highest BCUT2D eigenvalue weighted by Gasteiger charge is 2.11. The maximum atomic E-state index is 6.23. The zero-order valence-corrected chi connectivity index (χ0v) is 15.1. The van der Waals surface area contributed by atoms with Crippen molar-refractivity contribution in [1.82, 2.24) is 19.9 Å². The molecule has 0 aliphatic carbocycles. The van der Waals surface area contributed by atoms with E-state index in [1.165, 1.54) is 11.9 Å². The van der Waals surface area contributed by atoms with E-state index in [0.717, 1.165) is 20.9 Å². The summed E-state index contributed by atoms with van der Waals surface area (Å²) in [6.07, 6.45) is 3.23. The number of anilines is 5. The van der Waals surface area contributed by atoms with Crippen LogP contribution in [-0.2, 0) is 0 Å². The average Bonchev–Trinajstić information content (AvgIpc) is 3.02. The van der Waals surface area contributed by atoms with E-state index in [2.05, 4.69) is 43.6 Å². The second-order valence-corrected chi connectivity index (χ2v) is 6.98. The van der Waals surface area contributed by atoms with Crippen molar-refractivity contribution in [3.63, 3.8) is 0 Å². The topological polar surface area (TPSA) is 102 Å². The molecule has 0 bridgehead atoms. The molecule has 0 saturated carbocycles. The summed E-state index contributed by atoms with van der Waals surface area (Å²) >= 11 is 1.56. The highest BCUT2D eigenvalue weighted by atomic mass is 32.1. The van der Waals surface area contributed by atoms with Crippen LogP contribution in [0.1, 0.15) is 11.1 Å². The molecular weight excluding hydrogens is 346 g/mol. The molecule has 3 aromatic heterocycles. The first kappa shape index (κ1) is 16.2. The van der Waals surface area contributed by atoms with Crippen LogP contribution in [-0.4, -0.2) is 19.9 Å². The van der Waals surface area contributed by atoms with Gasteiger partial charge in [0.05, 0.1) is 10.2 Å². The van der Waals surface area contributed by atoms with Gasteiger partial charge in [0.15, 0.2) is 16.8 Å². The number of aryl methyl sites for hydroxylation is 2. The number of rotatable bonds is 4. The first-order valence-corrected chi connectivity index (χ1v) is 8.84. The van der Waals surface area contributed by atoms with Crippen LogP contribution in [0.5, 0.6) is 0 Å². The van der Waals surface area contributed by atoms with Crippen LogP contribution in [0.15, 0.2) is 42.9 Å². The molecule has 4 aromatic rings. The minimum absolute atomic E-state index is 0.408. The Morgan fingerprint density at radius 2 is 1.69 bits per heavy atom. The molecule has 4 N–H and O–H groups in total. The summed E-state index contributed by atoms with van der Waals surface area (Å²) in [4.78, 5) is 17.3. The molecule has 0 radical (unpaired) electrons. The lowest BCUT2D eigenvalue weighted by molar-refractivity contribution is 1.16. The number of aromatic nitrogens is 4. The highest BCUT2D eigenvalue weighted by molar-refractivity contribution is 7.22. The predicted molar refractivity (Wildman–Crippen MR) is 106 cm³/mol. The molecule has 7 nitrogen and oxygen atoms in total. The number of hydrogen-bond donors (Lipinski definition) is 3. The van der Waals surface area contributed by atoms with Gasteiger partial charge in [-0.15, -0.1) is 0 Å². The van der Waals surface area contributed by atoms with Crippen LogP contribution < -0.4 is 16.4 Å². The second kappa shape index (κ2) is 6.57. The Balaban J connectivity index is 1.61. The Morgan fingerprint density at radius 3 is 2.46 bits per heavy atom. The number of nitrogens with zero attached hydrogens (tertiary/aromatic N) is 4. The van der Waals surface area contributed by atoms with Crippen molar-refractivity contribution >= 4 is 49.8 Å². The molecule has 0 fully saturated rings. The molecule has 1 aromatic carbocycles. The minimum atomic E-state index is 0.408. The molecular formula is C18H17N7S. The third-order valence-electron chi connectivity index (χ3n) is 3.81. The van der Waals surface area contributed by atoms with E-state index in [1.54, 1.807) is 17.5 Å². The molecule has 0 saturated heterocycles. The molecule has 8 heteroatoms. The SMILES string of the molecule is Cc1ccc(Nc2ncnc(Nc3nc4ccc(C)cc4s3)c2N)nc1. The number of thiazole rings is 1. The van der Waals surface area contributed by atoms with Crippen LogP contribution in [0.2, 0.25) is 0 Å². The second-order valence-electron chi connectivity index (χ2n) is 5.95. The maximum Gasteiger partial charge on any atom is 0.189 e. The summed E-state index contributed by atoms with van der Waals surface area (Å²) in [5.41, 5.74) is 9.86. The van der Waals surface area contributed by atoms with Gasteiger partial charge in [0.2, 0.25) is 0 Å². The van der Waals surface area contributed by atoms with Crippen molar-refractivity contribution in [3.8, 4) is 0 Å². The van der Waals surface area contributed by atoms with E-state index in [4.69, 9.17) is 5.73 Å². The van der Waals surface area contributed by atoms with Crippen LogP contribution in [0.25, 0.3) is 10.2 Å². The van der Waals surface area contributed by atoms with Crippen LogP contribution in [0.3, 0.4) is 0 Å². The lowest BCUT2D eigenvalue weighted by atomic mass is 10.2. The molecule has 26 heavy (non-hydrogen) atoms. The molecule has 4 rings (SSSR count). The number of nitrogens with one attached hydrogen (secondary N) is 2. The molecule has 0 amide bonds. The number of nitrogens with two attached hydrogens (primary N) is 1. The summed E-state index contributed by atoms with van der Waals surface area (Å²) in [7, 11) is 0. The summed E-state index contributed by atoms with van der Waals surface area (Å²) in [6.45, 7) is 4.04. The van der Waals surface area contributed by atoms with Crippen molar-refractivity contribution in [2.75, 3.05) is 16.4 Å². The monoisotopic (exact) mass is 363 g/mol. The van der Waals surface area contributed by atoms with Gasteiger partial charge in [-0.1, -0.05) is 23.5 Å². The number of fused-ring (bicyclic) bond motifs is 1. The quantitative estimate of drug-likeness (QED) is 0.500. The molecule has 0 atom stereocenters. The lowest BCUT2D eigenvalue weighted by Gasteiger charge is -2.10. The number of nitrogen functional groups attached to an aromatic ring is 1. The Bertz CT molecular complexity index is 1070. The highest BCUT2D eigenvalue weighted by Crippen LogP contribution is 2.32. The van der Waals surface area contributed by atoms with Gasteiger partial charge in [-0.25, -0.2) is 19.9 Å². The van der Waals surface area contributed by atoms with E-state index in [9.17, 15) is 0 Å². The minimum Gasteiger partial charge on any atom is -0.393 e. The van der Waals surface area contributed by atoms with Gasteiger partial charge in [0, 0.05) is 6.20 Å². The molecule has 130 valence electrons. The summed E-state index contributed by atoms with van der Waals surface area (Å²) in [6, 6.07) is 10.00. The van der Waals surface area contributed by atoms with Crippen molar-refractivity contribution in [1.29, 1.82) is 0 Å². The molecule has 0 aliphatic rings. The third-order valence-corrected chi connectivity index (χ3v) is 4.74. The first-order valence-electron chi connectivity index (χ1n) is 8.03. The van der Waals surface area contributed by atoms with E-state index in [0.29, 0.717) is 23.1 Å². The van der Waals surface area contributed by atoms with Crippen molar-refractivity contribution < 1.29 is 0 Å². The predicted octanol–water partition coefficient (Wildman–Crippen LogP) is 4.17. The Labute approximate surface area is 154 Å². The fourth-order valence-corrected chi connectivity index (χ4v) is 3.41. The van der Waals surface area contributed by atoms with E-state index in [-0.39, 0.29) is 0 Å². The number of pyridine rings is 1. The summed E-state index contributed by atoms with van der Waals surface area (Å²) < 4.78 is 1.11. The van der Waals surface area contributed by atoms with Gasteiger partial charge >= 0.3 is 0 Å². The van der Waals surface area contributed by atoms with Gasteiger partial charge in [-0.3, -0.25) is 0 Å². The standard InChI is InChI=1S/C18H17N7S/c1-10-3-5-12-13(7-10)26-18(23-12)25-17-15(19)16(21-9-22-17)24-14-6-4-11(2)8-20-14/h3-9H,19H2,1-2H3,(H2,20,21,22,23,24,25). The Hall–Kier alpha value is -3.26. The largest absolute Gasteiger partial charge is 0.393 e. The van der Waals surface area contributed by atoms with Crippen LogP contribution in [0, 0.1) is 13.8 Å². The molecule has 3 heterocycles. The zero-order valence-electron chi connectivity index (χ0n) is 14.3. The van der Waals surface area contributed by atoms with Gasteiger partial charge < -0.3 is 16.4 Å². The van der Waals surface area contributed by atoms with Crippen LogP contribution in [0.4, 0.5) is 28.3 Å². The third kappa shape index (κ3) is 3.27. The Morgan fingerprint density at radius 1 is 0.923 bits per heavy atom. The molecule has 0 spiro atoms.